The highest BCUT2D eigenvalue weighted by Crippen LogP contribution is 2.21. The minimum absolute atomic E-state index is 0.218. The number of rotatable bonds is 3. The number of carbonyl (C=O) groups excluding carboxylic acids is 1. The first-order valence-electron chi connectivity index (χ1n) is 5.82. The highest BCUT2D eigenvalue weighted by molar-refractivity contribution is 5.92. The summed E-state index contributed by atoms with van der Waals surface area (Å²) >= 11 is 0. The summed E-state index contributed by atoms with van der Waals surface area (Å²) < 4.78 is 0. The molecule has 5 nitrogen and oxygen atoms in total. The third-order valence-electron chi connectivity index (χ3n) is 3.13. The van der Waals surface area contributed by atoms with Crippen molar-refractivity contribution in [1.82, 2.24) is 4.98 Å². The number of anilines is 1. The van der Waals surface area contributed by atoms with Crippen molar-refractivity contribution in [2.24, 2.45) is 11.7 Å². The van der Waals surface area contributed by atoms with Gasteiger partial charge in [0.15, 0.2) is 0 Å². The Bertz CT molecular complexity index is 391. The molecule has 0 saturated carbocycles. The van der Waals surface area contributed by atoms with Gasteiger partial charge in [0.1, 0.15) is 5.82 Å². The molecule has 0 spiro atoms. The lowest BCUT2D eigenvalue weighted by Gasteiger charge is -2.32. The average Bonchev–Trinajstić information content (AvgIpc) is 2.39. The van der Waals surface area contributed by atoms with Crippen LogP contribution >= 0.6 is 0 Å². The van der Waals surface area contributed by atoms with E-state index in [9.17, 15) is 4.79 Å². The maximum atomic E-state index is 10.9. The Morgan fingerprint density at radius 2 is 2.41 bits per heavy atom. The van der Waals surface area contributed by atoms with Crippen LogP contribution in [0.15, 0.2) is 18.3 Å². The van der Waals surface area contributed by atoms with Gasteiger partial charge in [0.05, 0.1) is 5.56 Å². The maximum absolute atomic E-state index is 10.9. The molecule has 1 aromatic rings. The van der Waals surface area contributed by atoms with E-state index in [1.54, 1.807) is 12.1 Å². The molecule has 3 N–H and O–H groups in total. The average molecular weight is 235 g/mol. The van der Waals surface area contributed by atoms with Crippen LogP contribution in [0.3, 0.4) is 0 Å². The number of nitrogens with zero attached hydrogens (tertiary/aromatic N) is 2. The number of pyridine rings is 1. The summed E-state index contributed by atoms with van der Waals surface area (Å²) in [6.45, 7) is 1.98. The molecule has 1 aromatic heterocycles. The van der Waals surface area contributed by atoms with Crippen LogP contribution in [0, 0.1) is 5.92 Å². The zero-order valence-corrected chi connectivity index (χ0v) is 9.67. The zero-order valence-electron chi connectivity index (χ0n) is 9.67. The number of aliphatic hydroxyl groups is 1. The number of hydrogen-bond acceptors (Lipinski definition) is 4. The topological polar surface area (TPSA) is 79.5 Å². The van der Waals surface area contributed by atoms with E-state index in [0.29, 0.717) is 11.5 Å². The molecule has 1 saturated heterocycles. The van der Waals surface area contributed by atoms with Gasteiger partial charge in [-0.25, -0.2) is 4.98 Å². The zero-order chi connectivity index (χ0) is 12.3. The normalized spacial score (nSPS) is 20.3. The van der Waals surface area contributed by atoms with Crippen LogP contribution in [0.2, 0.25) is 0 Å². The first kappa shape index (κ1) is 11.9. The summed E-state index contributed by atoms with van der Waals surface area (Å²) in [4.78, 5) is 17.3. The Labute approximate surface area is 100 Å². The highest BCUT2D eigenvalue weighted by atomic mass is 16.3. The molecule has 1 unspecified atom stereocenters. The molecule has 2 rings (SSSR count). The van der Waals surface area contributed by atoms with Crippen LogP contribution in [0.1, 0.15) is 23.2 Å². The number of carbonyl (C=O) groups is 1. The molecule has 0 aliphatic carbocycles. The molecule has 0 bridgehead atoms. The molecule has 17 heavy (non-hydrogen) atoms. The molecule has 1 fully saturated rings. The lowest BCUT2D eigenvalue weighted by atomic mass is 9.99. The summed E-state index contributed by atoms with van der Waals surface area (Å²) in [6.07, 6.45) is 3.62. The Balaban J connectivity index is 2.08. The fourth-order valence-corrected chi connectivity index (χ4v) is 2.14. The van der Waals surface area contributed by atoms with Crippen molar-refractivity contribution < 1.29 is 9.90 Å². The van der Waals surface area contributed by atoms with E-state index in [4.69, 9.17) is 10.8 Å². The number of nitrogens with two attached hydrogens (primary N) is 1. The van der Waals surface area contributed by atoms with Gasteiger partial charge in [-0.1, -0.05) is 0 Å². The largest absolute Gasteiger partial charge is 0.396 e. The predicted molar refractivity (Wildman–Crippen MR) is 64.8 cm³/mol. The lowest BCUT2D eigenvalue weighted by Crippen LogP contribution is -2.37. The van der Waals surface area contributed by atoms with Gasteiger partial charge in [0.25, 0.3) is 0 Å². The second kappa shape index (κ2) is 5.14. The summed E-state index contributed by atoms with van der Waals surface area (Å²) in [7, 11) is 0. The molecule has 5 heteroatoms. The van der Waals surface area contributed by atoms with Crippen molar-refractivity contribution in [2.45, 2.75) is 12.8 Å². The molecule has 92 valence electrons. The molecule has 1 atom stereocenters. The van der Waals surface area contributed by atoms with Crippen LogP contribution in [-0.4, -0.2) is 35.7 Å². The number of primary amides is 1. The van der Waals surface area contributed by atoms with Gasteiger partial charge in [-0.05, 0) is 30.9 Å². The van der Waals surface area contributed by atoms with Crippen molar-refractivity contribution in [3.05, 3.63) is 23.9 Å². The minimum Gasteiger partial charge on any atom is -0.396 e. The Hall–Kier alpha value is -1.62. The molecule has 1 amide bonds. The van der Waals surface area contributed by atoms with E-state index < -0.39 is 5.91 Å². The molecule has 1 aliphatic rings. The van der Waals surface area contributed by atoms with Crippen LogP contribution in [0.4, 0.5) is 5.82 Å². The monoisotopic (exact) mass is 235 g/mol. The SMILES string of the molecule is NC(=O)c1ccc(N2CCCC(CO)C2)nc1. The van der Waals surface area contributed by atoms with Gasteiger partial charge in [-0.3, -0.25) is 4.79 Å². The number of piperidine rings is 1. The maximum Gasteiger partial charge on any atom is 0.250 e. The fourth-order valence-electron chi connectivity index (χ4n) is 2.14. The van der Waals surface area contributed by atoms with Crippen molar-refractivity contribution in [2.75, 3.05) is 24.6 Å². The van der Waals surface area contributed by atoms with Gasteiger partial charge in [-0.15, -0.1) is 0 Å². The third kappa shape index (κ3) is 2.74. The number of amides is 1. The second-order valence-corrected chi connectivity index (χ2v) is 4.41. The molecule has 2 heterocycles. The van der Waals surface area contributed by atoms with Gasteiger partial charge in [-0.2, -0.15) is 0 Å². The van der Waals surface area contributed by atoms with E-state index >= 15 is 0 Å². The summed E-state index contributed by atoms with van der Waals surface area (Å²) in [5, 5.41) is 9.16. The van der Waals surface area contributed by atoms with Crippen molar-refractivity contribution in [3.63, 3.8) is 0 Å². The van der Waals surface area contributed by atoms with Gasteiger partial charge in [0.2, 0.25) is 5.91 Å². The molecule has 1 aliphatic heterocycles. The van der Waals surface area contributed by atoms with E-state index in [2.05, 4.69) is 9.88 Å². The Morgan fingerprint density at radius 1 is 1.59 bits per heavy atom. The standard InChI is InChI=1S/C12H17N3O2/c13-12(17)10-3-4-11(14-6-10)15-5-1-2-9(7-15)8-16/h3-4,6,9,16H,1-2,5,7-8H2,(H2,13,17). The number of hydrogen-bond donors (Lipinski definition) is 2. The second-order valence-electron chi connectivity index (χ2n) is 4.41. The lowest BCUT2D eigenvalue weighted by molar-refractivity contribution is 0.1000. The third-order valence-corrected chi connectivity index (χ3v) is 3.13. The van der Waals surface area contributed by atoms with Crippen molar-refractivity contribution in [1.29, 1.82) is 0 Å². The summed E-state index contributed by atoms with van der Waals surface area (Å²) in [6, 6.07) is 3.49. The van der Waals surface area contributed by atoms with Gasteiger partial charge in [0, 0.05) is 25.9 Å². The van der Waals surface area contributed by atoms with E-state index in [-0.39, 0.29) is 6.61 Å². The number of aliphatic hydroxyl groups excluding tert-OH is 1. The summed E-state index contributed by atoms with van der Waals surface area (Å²) in [5.41, 5.74) is 5.58. The minimum atomic E-state index is -0.462. The van der Waals surface area contributed by atoms with Crippen LogP contribution in [0.25, 0.3) is 0 Å². The van der Waals surface area contributed by atoms with Crippen molar-refractivity contribution in [3.8, 4) is 0 Å². The van der Waals surface area contributed by atoms with E-state index in [1.807, 2.05) is 0 Å². The Morgan fingerprint density at radius 3 is 3.00 bits per heavy atom. The fraction of sp³-hybridized carbons (Fsp3) is 0.500. The summed E-state index contributed by atoms with van der Waals surface area (Å²) in [5.74, 6) is 0.699. The van der Waals surface area contributed by atoms with Crippen molar-refractivity contribution >= 4 is 11.7 Å². The molecule has 0 radical (unpaired) electrons. The van der Waals surface area contributed by atoms with Crippen LogP contribution in [0.5, 0.6) is 0 Å². The highest BCUT2D eigenvalue weighted by Gasteiger charge is 2.20. The van der Waals surface area contributed by atoms with Gasteiger partial charge < -0.3 is 15.7 Å². The quantitative estimate of drug-likeness (QED) is 0.794. The molecule has 0 aromatic carbocycles. The first-order valence-corrected chi connectivity index (χ1v) is 5.82. The van der Waals surface area contributed by atoms with Crippen LogP contribution in [-0.2, 0) is 0 Å². The first-order chi connectivity index (χ1) is 8.20. The van der Waals surface area contributed by atoms with E-state index in [0.717, 1.165) is 31.7 Å². The number of aromatic nitrogens is 1. The van der Waals surface area contributed by atoms with E-state index in [1.165, 1.54) is 6.20 Å². The van der Waals surface area contributed by atoms with Crippen LogP contribution < -0.4 is 10.6 Å². The Kier molecular flexibility index (Phi) is 3.58. The van der Waals surface area contributed by atoms with Gasteiger partial charge >= 0.3 is 0 Å². The molecular formula is C12H17N3O2. The predicted octanol–water partition coefficient (Wildman–Crippen LogP) is 0.389. The molecular weight excluding hydrogens is 218 g/mol. The smallest absolute Gasteiger partial charge is 0.250 e.